The number of carbonyl (C=O) groups excluding carboxylic acids is 2. The van der Waals surface area contributed by atoms with Crippen molar-refractivity contribution in [1.82, 2.24) is 15.2 Å². The Morgan fingerprint density at radius 1 is 1.21 bits per heavy atom. The van der Waals surface area contributed by atoms with Crippen molar-refractivity contribution < 1.29 is 9.59 Å². The second kappa shape index (κ2) is 8.81. The molecule has 3 heterocycles. The minimum absolute atomic E-state index is 0.0483. The Balaban J connectivity index is 1.39. The number of dihydropyridines is 1. The molecule has 1 atom stereocenters. The van der Waals surface area contributed by atoms with Crippen molar-refractivity contribution in [2.75, 3.05) is 5.32 Å². The van der Waals surface area contributed by atoms with Gasteiger partial charge in [0.1, 0.15) is 17.8 Å². The van der Waals surface area contributed by atoms with E-state index in [4.69, 9.17) is 0 Å². The zero-order valence-electron chi connectivity index (χ0n) is 17.6. The summed E-state index contributed by atoms with van der Waals surface area (Å²) in [6.07, 6.45) is 10.9. The van der Waals surface area contributed by atoms with E-state index in [0.717, 1.165) is 34.3 Å². The maximum atomic E-state index is 12.8. The van der Waals surface area contributed by atoms with Gasteiger partial charge in [-0.05, 0) is 60.7 Å². The predicted molar refractivity (Wildman–Crippen MR) is 130 cm³/mol. The zero-order chi connectivity index (χ0) is 22.8. The third kappa shape index (κ3) is 4.45. The molecule has 1 aromatic carbocycles. The summed E-state index contributed by atoms with van der Waals surface area (Å²) in [5, 5.41) is 21.2. The molecule has 0 bridgehead atoms. The molecule has 1 fully saturated rings. The Bertz CT molecular complexity index is 1350. The molecule has 0 spiro atoms. The van der Waals surface area contributed by atoms with Gasteiger partial charge in [-0.15, -0.1) is 11.3 Å². The van der Waals surface area contributed by atoms with Crippen LogP contribution in [0.3, 0.4) is 0 Å². The van der Waals surface area contributed by atoms with Gasteiger partial charge in [0.2, 0.25) is 5.91 Å². The number of fused-ring (bicyclic) bond motifs is 1. The molecular weight excluding hydrogens is 434 g/mol. The maximum Gasteiger partial charge on any atom is 0.266 e. The SMILES string of the molecule is N#C/C(=C/c1cccs1)C(=O)Nc1cccc2c1ccn2C1=CC(NC(=O)C2CC2)NC=C1. The summed E-state index contributed by atoms with van der Waals surface area (Å²) in [6, 6.07) is 13.3. The van der Waals surface area contributed by atoms with Crippen molar-refractivity contribution in [2.24, 2.45) is 5.92 Å². The van der Waals surface area contributed by atoms with Crippen LogP contribution < -0.4 is 16.0 Å². The quantitative estimate of drug-likeness (QED) is 0.386. The summed E-state index contributed by atoms with van der Waals surface area (Å²) >= 11 is 1.47. The molecule has 2 aliphatic rings. The van der Waals surface area contributed by atoms with Crippen LogP contribution in [0.5, 0.6) is 0 Å². The first kappa shape index (κ1) is 20.8. The molecule has 8 heteroatoms. The average Bonchev–Trinajstić information content (AvgIpc) is 3.38. The first-order valence-electron chi connectivity index (χ1n) is 10.6. The number of hydrogen-bond donors (Lipinski definition) is 3. The number of carbonyl (C=O) groups is 2. The molecule has 1 unspecified atom stereocenters. The highest BCUT2D eigenvalue weighted by Gasteiger charge is 2.30. The highest BCUT2D eigenvalue weighted by atomic mass is 32.1. The standard InChI is InChI=1S/C25H21N5O2S/c26-15-17(13-19-3-2-12-33-19)25(32)28-21-4-1-5-22-20(21)9-11-30(22)18-8-10-27-23(14-18)29-24(31)16-6-7-16/h1-5,8-14,16,23,27H,6-7H2,(H,28,32)(H,29,31)/b17-13-. The van der Waals surface area contributed by atoms with Crippen LogP contribution in [0.4, 0.5) is 5.69 Å². The van der Waals surface area contributed by atoms with Crippen molar-refractivity contribution in [3.05, 3.63) is 76.8 Å². The van der Waals surface area contributed by atoms with Crippen LogP contribution in [0.1, 0.15) is 17.7 Å². The van der Waals surface area contributed by atoms with E-state index in [-0.39, 0.29) is 23.6 Å². The lowest BCUT2D eigenvalue weighted by Crippen LogP contribution is -2.43. The highest BCUT2D eigenvalue weighted by Crippen LogP contribution is 2.30. The summed E-state index contributed by atoms with van der Waals surface area (Å²) < 4.78 is 2.01. The van der Waals surface area contributed by atoms with Gasteiger partial charge in [-0.2, -0.15) is 5.26 Å². The smallest absolute Gasteiger partial charge is 0.266 e. The van der Waals surface area contributed by atoms with Crippen LogP contribution in [0.2, 0.25) is 0 Å². The van der Waals surface area contributed by atoms with E-state index >= 15 is 0 Å². The molecule has 0 radical (unpaired) electrons. The van der Waals surface area contributed by atoms with E-state index in [1.807, 2.05) is 77.0 Å². The fourth-order valence-corrected chi connectivity index (χ4v) is 4.39. The van der Waals surface area contributed by atoms with Crippen molar-refractivity contribution >= 4 is 51.5 Å². The number of amides is 2. The summed E-state index contributed by atoms with van der Waals surface area (Å²) in [6.45, 7) is 0. The molecule has 33 heavy (non-hydrogen) atoms. The average molecular weight is 456 g/mol. The monoisotopic (exact) mass is 455 g/mol. The molecule has 1 aliphatic heterocycles. The molecule has 1 aliphatic carbocycles. The van der Waals surface area contributed by atoms with Crippen LogP contribution >= 0.6 is 11.3 Å². The van der Waals surface area contributed by atoms with Crippen LogP contribution in [0.15, 0.2) is 71.9 Å². The van der Waals surface area contributed by atoms with Crippen molar-refractivity contribution in [3.63, 3.8) is 0 Å². The summed E-state index contributed by atoms with van der Waals surface area (Å²) in [5.41, 5.74) is 2.48. The van der Waals surface area contributed by atoms with E-state index in [1.165, 1.54) is 11.3 Å². The van der Waals surface area contributed by atoms with Crippen LogP contribution in [0.25, 0.3) is 22.7 Å². The Hall–Kier alpha value is -4.09. The highest BCUT2D eigenvalue weighted by molar-refractivity contribution is 7.10. The van der Waals surface area contributed by atoms with Crippen LogP contribution in [-0.2, 0) is 9.59 Å². The van der Waals surface area contributed by atoms with Gasteiger partial charge in [0.05, 0.1) is 11.2 Å². The van der Waals surface area contributed by atoms with Crippen molar-refractivity contribution in [1.29, 1.82) is 5.26 Å². The normalized spacial score (nSPS) is 17.7. The number of nitriles is 1. The van der Waals surface area contributed by atoms with E-state index in [1.54, 1.807) is 6.08 Å². The fourth-order valence-electron chi connectivity index (χ4n) is 3.73. The van der Waals surface area contributed by atoms with E-state index in [2.05, 4.69) is 16.0 Å². The predicted octanol–water partition coefficient (Wildman–Crippen LogP) is 4.06. The van der Waals surface area contributed by atoms with Crippen molar-refractivity contribution in [3.8, 4) is 6.07 Å². The molecule has 164 valence electrons. The molecule has 1 saturated carbocycles. The number of thiophene rings is 1. The second-order valence-electron chi connectivity index (χ2n) is 7.92. The molecule has 7 nitrogen and oxygen atoms in total. The number of nitrogens with zero attached hydrogens (tertiary/aromatic N) is 2. The van der Waals surface area contributed by atoms with Crippen LogP contribution in [0, 0.1) is 17.2 Å². The summed E-state index contributed by atoms with van der Waals surface area (Å²) in [4.78, 5) is 25.7. The Morgan fingerprint density at radius 3 is 2.85 bits per heavy atom. The molecule has 0 saturated heterocycles. The molecule has 2 aromatic heterocycles. The van der Waals surface area contributed by atoms with Gasteiger partial charge < -0.3 is 20.5 Å². The van der Waals surface area contributed by atoms with Crippen LogP contribution in [-0.4, -0.2) is 22.5 Å². The Morgan fingerprint density at radius 2 is 2.09 bits per heavy atom. The lowest BCUT2D eigenvalue weighted by molar-refractivity contribution is -0.122. The van der Waals surface area contributed by atoms with Crippen molar-refractivity contribution in [2.45, 2.75) is 19.0 Å². The van der Waals surface area contributed by atoms with Gasteiger partial charge >= 0.3 is 0 Å². The molecule has 2 amide bonds. The number of anilines is 1. The largest absolute Gasteiger partial charge is 0.368 e. The molecule has 3 aromatic rings. The van der Waals surface area contributed by atoms with Gasteiger partial charge in [0.15, 0.2) is 0 Å². The van der Waals surface area contributed by atoms with Gasteiger partial charge in [-0.25, -0.2) is 0 Å². The topological polar surface area (TPSA) is 98.9 Å². The minimum Gasteiger partial charge on any atom is -0.368 e. The van der Waals surface area contributed by atoms with E-state index < -0.39 is 5.91 Å². The van der Waals surface area contributed by atoms with E-state index in [0.29, 0.717) is 5.69 Å². The minimum atomic E-state index is -0.449. The van der Waals surface area contributed by atoms with E-state index in [9.17, 15) is 14.9 Å². The first-order valence-corrected chi connectivity index (χ1v) is 11.5. The third-order valence-electron chi connectivity index (χ3n) is 5.57. The first-order chi connectivity index (χ1) is 16.1. The number of nitrogens with one attached hydrogen (secondary N) is 3. The number of allylic oxidation sites excluding steroid dienone is 2. The van der Waals surface area contributed by atoms with Gasteiger partial charge in [-0.3, -0.25) is 9.59 Å². The zero-order valence-corrected chi connectivity index (χ0v) is 18.4. The van der Waals surface area contributed by atoms with Gasteiger partial charge in [0.25, 0.3) is 5.91 Å². The lowest BCUT2D eigenvalue weighted by atomic mass is 10.2. The molecule has 3 N–H and O–H groups in total. The number of aromatic nitrogens is 1. The van der Waals surface area contributed by atoms with Gasteiger partial charge in [0, 0.05) is 34.3 Å². The number of benzene rings is 1. The number of rotatable bonds is 6. The fraction of sp³-hybridized carbons (Fsp3) is 0.160. The lowest BCUT2D eigenvalue weighted by Gasteiger charge is -2.21. The summed E-state index contributed by atoms with van der Waals surface area (Å²) in [5.74, 6) is -0.236. The number of hydrogen-bond acceptors (Lipinski definition) is 5. The van der Waals surface area contributed by atoms with Gasteiger partial charge in [-0.1, -0.05) is 12.1 Å². The Labute approximate surface area is 194 Å². The molecular formula is C25H21N5O2S. The maximum absolute atomic E-state index is 12.8. The third-order valence-corrected chi connectivity index (χ3v) is 6.39. The second-order valence-corrected chi connectivity index (χ2v) is 8.89. The summed E-state index contributed by atoms with van der Waals surface area (Å²) in [7, 11) is 0. The molecule has 5 rings (SSSR count). The Kier molecular flexibility index (Phi) is 5.55.